The zero-order valence-electron chi connectivity index (χ0n) is 15.2. The number of likely N-dealkylation sites (N-methyl/N-ethyl adjacent to an activating group) is 1. The van der Waals surface area contributed by atoms with Crippen LogP contribution in [0.25, 0.3) is 22.9 Å². The molecule has 0 fully saturated rings. The van der Waals surface area contributed by atoms with Gasteiger partial charge in [-0.3, -0.25) is 0 Å². The smallest absolute Gasteiger partial charge is 0.196 e. The van der Waals surface area contributed by atoms with Crippen LogP contribution < -0.4 is 5.73 Å². The summed E-state index contributed by atoms with van der Waals surface area (Å²) in [4.78, 5) is 6.76. The van der Waals surface area contributed by atoms with Crippen molar-refractivity contribution >= 4 is 34.6 Å². The Labute approximate surface area is 154 Å². The summed E-state index contributed by atoms with van der Waals surface area (Å²) in [5.41, 5.74) is 11.0. The molecular formula is C23H23N3. The van der Waals surface area contributed by atoms with Gasteiger partial charge in [0.05, 0.1) is 5.69 Å². The van der Waals surface area contributed by atoms with E-state index in [-0.39, 0.29) is 0 Å². The summed E-state index contributed by atoms with van der Waals surface area (Å²) in [7, 11) is 2.00. The van der Waals surface area contributed by atoms with Crippen LogP contribution in [0.5, 0.6) is 0 Å². The van der Waals surface area contributed by atoms with Crippen molar-refractivity contribution in [3.63, 3.8) is 0 Å². The number of nitrogens with zero attached hydrogens (tertiary/aromatic N) is 2. The maximum atomic E-state index is 6.32. The number of aliphatic imine (C=N–C) groups is 1. The number of hydrogen-bond donors (Lipinski definition) is 1. The summed E-state index contributed by atoms with van der Waals surface area (Å²) in [5.74, 6) is 0.923. The maximum absolute atomic E-state index is 6.32. The SMILES string of the molecule is CC(CN(C)C(N)=Nc1ccc2c3c(cccc13)C=C2)c1ccccc1. The van der Waals surface area contributed by atoms with Crippen LogP contribution in [0.4, 0.5) is 5.69 Å². The van der Waals surface area contributed by atoms with Crippen LogP contribution in [0.1, 0.15) is 29.5 Å². The molecule has 3 nitrogen and oxygen atoms in total. The molecular weight excluding hydrogens is 318 g/mol. The molecule has 1 aliphatic carbocycles. The van der Waals surface area contributed by atoms with Crippen molar-refractivity contribution in [3.8, 4) is 0 Å². The standard InChI is InChI=1S/C23H23N3/c1-16(17-7-4-3-5-8-17)15-26(2)23(24)25-21-14-13-19-12-11-18-9-6-10-20(21)22(18)19/h3-14,16H,15H2,1-2H3,(H2,24,25). The molecule has 130 valence electrons. The van der Waals surface area contributed by atoms with E-state index < -0.39 is 0 Å². The van der Waals surface area contributed by atoms with Gasteiger partial charge in [0.25, 0.3) is 0 Å². The molecule has 26 heavy (non-hydrogen) atoms. The average Bonchev–Trinajstić information content (AvgIpc) is 3.09. The molecule has 1 unspecified atom stereocenters. The third kappa shape index (κ3) is 2.97. The predicted molar refractivity (Wildman–Crippen MR) is 112 cm³/mol. The number of rotatable bonds is 4. The number of nitrogens with two attached hydrogens (primary N) is 1. The van der Waals surface area contributed by atoms with Crippen LogP contribution in [0.2, 0.25) is 0 Å². The van der Waals surface area contributed by atoms with Crippen molar-refractivity contribution in [2.75, 3.05) is 13.6 Å². The van der Waals surface area contributed by atoms with Gasteiger partial charge in [-0.1, -0.05) is 73.7 Å². The quantitative estimate of drug-likeness (QED) is 0.419. The molecule has 4 rings (SSSR count). The molecule has 0 saturated carbocycles. The molecule has 0 spiro atoms. The first kappa shape index (κ1) is 16.4. The first-order valence-electron chi connectivity index (χ1n) is 8.97. The van der Waals surface area contributed by atoms with E-state index in [1.165, 1.54) is 22.1 Å². The third-order valence-corrected chi connectivity index (χ3v) is 5.07. The lowest BCUT2D eigenvalue weighted by Gasteiger charge is -2.23. The van der Waals surface area contributed by atoms with E-state index in [0.717, 1.165) is 17.6 Å². The van der Waals surface area contributed by atoms with Crippen molar-refractivity contribution in [2.45, 2.75) is 12.8 Å². The lowest BCUT2D eigenvalue weighted by molar-refractivity contribution is 0.460. The maximum Gasteiger partial charge on any atom is 0.196 e. The van der Waals surface area contributed by atoms with Gasteiger partial charge < -0.3 is 10.6 Å². The molecule has 3 aromatic carbocycles. The van der Waals surface area contributed by atoms with Gasteiger partial charge >= 0.3 is 0 Å². The van der Waals surface area contributed by atoms with Gasteiger partial charge in [0.2, 0.25) is 0 Å². The third-order valence-electron chi connectivity index (χ3n) is 5.07. The van der Waals surface area contributed by atoms with Crippen LogP contribution in [0.15, 0.2) is 65.7 Å². The molecule has 0 radical (unpaired) electrons. The Morgan fingerprint density at radius 1 is 0.962 bits per heavy atom. The summed E-state index contributed by atoms with van der Waals surface area (Å²) in [6, 6.07) is 21.0. The highest BCUT2D eigenvalue weighted by molar-refractivity contribution is 6.09. The van der Waals surface area contributed by atoms with E-state index in [0.29, 0.717) is 11.9 Å². The molecule has 3 aromatic rings. The summed E-state index contributed by atoms with van der Waals surface area (Å²) in [6.45, 7) is 3.03. The Kier molecular flexibility index (Phi) is 4.21. The fraction of sp³-hybridized carbons (Fsp3) is 0.174. The van der Waals surface area contributed by atoms with Crippen molar-refractivity contribution in [2.24, 2.45) is 10.7 Å². The monoisotopic (exact) mass is 341 g/mol. The zero-order chi connectivity index (χ0) is 18.1. The average molecular weight is 341 g/mol. The molecule has 1 atom stereocenters. The predicted octanol–water partition coefficient (Wildman–Crippen LogP) is 5.01. The summed E-state index contributed by atoms with van der Waals surface area (Å²) >= 11 is 0. The Hall–Kier alpha value is -3.07. The second-order valence-corrected chi connectivity index (χ2v) is 6.94. The van der Waals surface area contributed by atoms with Crippen LogP contribution >= 0.6 is 0 Å². The fourth-order valence-corrected chi connectivity index (χ4v) is 3.60. The van der Waals surface area contributed by atoms with Crippen LogP contribution in [-0.4, -0.2) is 24.5 Å². The highest BCUT2D eigenvalue weighted by Crippen LogP contribution is 2.36. The minimum atomic E-state index is 0.381. The summed E-state index contributed by atoms with van der Waals surface area (Å²) in [6.07, 6.45) is 4.31. The van der Waals surface area contributed by atoms with Gasteiger partial charge in [-0.2, -0.15) is 0 Å². The normalized spacial score (nSPS) is 14.0. The lowest BCUT2D eigenvalue weighted by atomic mass is 10.0. The van der Waals surface area contributed by atoms with Crippen molar-refractivity contribution in [1.82, 2.24) is 4.90 Å². The van der Waals surface area contributed by atoms with E-state index >= 15 is 0 Å². The number of guanidine groups is 1. The molecule has 1 aliphatic rings. The van der Waals surface area contributed by atoms with Gasteiger partial charge in [-0.05, 0) is 34.1 Å². The van der Waals surface area contributed by atoms with Gasteiger partial charge in [-0.25, -0.2) is 4.99 Å². The van der Waals surface area contributed by atoms with Gasteiger partial charge in [0, 0.05) is 19.0 Å². The van der Waals surface area contributed by atoms with Gasteiger partial charge in [0.1, 0.15) is 0 Å². The van der Waals surface area contributed by atoms with Crippen LogP contribution in [0.3, 0.4) is 0 Å². The molecule has 0 aromatic heterocycles. The van der Waals surface area contributed by atoms with Crippen molar-refractivity contribution < 1.29 is 0 Å². The highest BCUT2D eigenvalue weighted by atomic mass is 15.2. The second-order valence-electron chi connectivity index (χ2n) is 6.94. The van der Waals surface area contributed by atoms with Gasteiger partial charge in [0.15, 0.2) is 5.96 Å². The number of hydrogen-bond acceptors (Lipinski definition) is 1. The van der Waals surface area contributed by atoms with E-state index in [1.54, 1.807) is 0 Å². The molecule has 0 heterocycles. The first-order valence-corrected chi connectivity index (χ1v) is 8.97. The summed E-state index contributed by atoms with van der Waals surface area (Å²) in [5, 5.41) is 2.42. The Morgan fingerprint density at radius 2 is 1.69 bits per heavy atom. The largest absolute Gasteiger partial charge is 0.369 e. The van der Waals surface area contributed by atoms with E-state index in [4.69, 9.17) is 10.7 Å². The fourth-order valence-electron chi connectivity index (χ4n) is 3.60. The minimum Gasteiger partial charge on any atom is -0.369 e. The molecule has 2 N–H and O–H groups in total. The molecule has 0 saturated heterocycles. The molecule has 3 heteroatoms. The molecule has 0 bridgehead atoms. The Morgan fingerprint density at radius 3 is 2.46 bits per heavy atom. The molecule has 0 aliphatic heterocycles. The van der Waals surface area contributed by atoms with E-state index in [9.17, 15) is 0 Å². The van der Waals surface area contributed by atoms with E-state index in [2.05, 4.69) is 73.7 Å². The topological polar surface area (TPSA) is 41.6 Å². The van der Waals surface area contributed by atoms with Gasteiger partial charge in [-0.15, -0.1) is 0 Å². The van der Waals surface area contributed by atoms with E-state index in [1.807, 2.05) is 18.0 Å². The number of benzene rings is 3. The molecule has 0 amide bonds. The van der Waals surface area contributed by atoms with Crippen molar-refractivity contribution in [1.29, 1.82) is 0 Å². The van der Waals surface area contributed by atoms with Crippen LogP contribution in [0, 0.1) is 0 Å². The zero-order valence-corrected chi connectivity index (χ0v) is 15.2. The highest BCUT2D eigenvalue weighted by Gasteiger charge is 2.13. The Balaban J connectivity index is 1.60. The summed E-state index contributed by atoms with van der Waals surface area (Å²) < 4.78 is 0. The second kappa shape index (κ2) is 6.68. The van der Waals surface area contributed by atoms with Crippen molar-refractivity contribution in [3.05, 3.63) is 77.4 Å². The van der Waals surface area contributed by atoms with Crippen LogP contribution in [-0.2, 0) is 0 Å². The first-order chi connectivity index (χ1) is 12.6. The Bertz CT molecular complexity index is 990. The lowest BCUT2D eigenvalue weighted by Crippen LogP contribution is -2.36. The minimum absolute atomic E-state index is 0.381.